The van der Waals surface area contributed by atoms with Crippen LogP contribution in [0.1, 0.15) is 38.8 Å². The zero-order valence-corrected chi connectivity index (χ0v) is 10.5. The van der Waals surface area contributed by atoms with Crippen molar-refractivity contribution in [1.82, 2.24) is 5.32 Å². The van der Waals surface area contributed by atoms with Gasteiger partial charge >= 0.3 is 0 Å². The highest BCUT2D eigenvalue weighted by Crippen LogP contribution is 2.21. The molecule has 0 fully saturated rings. The molecule has 2 heteroatoms. The van der Waals surface area contributed by atoms with Gasteiger partial charge in [0.1, 0.15) is 0 Å². The summed E-state index contributed by atoms with van der Waals surface area (Å²) in [6, 6.07) is 10.9. The number of nitrogens with one attached hydrogen (secondary N) is 1. The maximum absolute atomic E-state index is 9.23. The molecule has 1 rings (SSSR count). The molecule has 0 radical (unpaired) electrons. The van der Waals surface area contributed by atoms with Gasteiger partial charge in [-0.1, -0.05) is 44.2 Å². The van der Waals surface area contributed by atoms with Crippen LogP contribution in [0.4, 0.5) is 0 Å². The van der Waals surface area contributed by atoms with E-state index in [0.29, 0.717) is 12.0 Å². The maximum atomic E-state index is 9.23. The number of rotatable bonds is 6. The third kappa shape index (κ3) is 4.33. The highest BCUT2D eigenvalue weighted by molar-refractivity contribution is 5.19. The Morgan fingerprint density at radius 2 is 1.75 bits per heavy atom. The molecular weight excluding hydrogens is 198 g/mol. The molecule has 0 heterocycles. The van der Waals surface area contributed by atoms with Gasteiger partial charge in [0, 0.05) is 6.04 Å². The Kier molecular flexibility index (Phi) is 5.50. The van der Waals surface area contributed by atoms with E-state index in [-0.39, 0.29) is 6.10 Å². The lowest BCUT2D eigenvalue weighted by Gasteiger charge is -2.23. The van der Waals surface area contributed by atoms with Crippen LogP contribution in [-0.2, 0) is 0 Å². The topological polar surface area (TPSA) is 32.3 Å². The molecule has 0 aliphatic carbocycles. The molecule has 0 aliphatic heterocycles. The predicted octanol–water partition coefficient (Wildman–Crippen LogP) is 2.74. The largest absolute Gasteiger partial charge is 0.393 e. The van der Waals surface area contributed by atoms with Crippen molar-refractivity contribution in [2.24, 2.45) is 5.92 Å². The fourth-order valence-corrected chi connectivity index (χ4v) is 1.85. The molecular formula is C14H23NO. The maximum Gasteiger partial charge on any atom is 0.0524 e. The predicted molar refractivity (Wildman–Crippen MR) is 68.3 cm³/mol. The van der Waals surface area contributed by atoms with E-state index in [2.05, 4.69) is 43.4 Å². The Balaban J connectivity index is 2.55. The van der Waals surface area contributed by atoms with Crippen molar-refractivity contribution < 1.29 is 5.11 Å². The lowest BCUT2D eigenvalue weighted by Crippen LogP contribution is -2.28. The highest BCUT2D eigenvalue weighted by Gasteiger charge is 2.14. The highest BCUT2D eigenvalue weighted by atomic mass is 16.3. The standard InChI is InChI=1S/C14H23NO/c1-11(2)14(15-10-9-12(3)16)13-7-5-4-6-8-13/h4-8,11-12,14-16H,9-10H2,1-3H3. The zero-order chi connectivity index (χ0) is 12.0. The van der Waals surface area contributed by atoms with E-state index < -0.39 is 0 Å². The van der Waals surface area contributed by atoms with Gasteiger partial charge in [-0.3, -0.25) is 0 Å². The molecule has 2 N–H and O–H groups in total. The van der Waals surface area contributed by atoms with Crippen LogP contribution in [0.5, 0.6) is 0 Å². The molecule has 2 unspecified atom stereocenters. The molecule has 0 saturated heterocycles. The van der Waals surface area contributed by atoms with Gasteiger partial charge in [0.05, 0.1) is 6.10 Å². The van der Waals surface area contributed by atoms with Crippen LogP contribution in [0.2, 0.25) is 0 Å². The summed E-state index contributed by atoms with van der Waals surface area (Å²) >= 11 is 0. The quantitative estimate of drug-likeness (QED) is 0.774. The second kappa shape index (κ2) is 6.66. The second-order valence-corrected chi connectivity index (χ2v) is 4.72. The Morgan fingerprint density at radius 3 is 2.25 bits per heavy atom. The summed E-state index contributed by atoms with van der Waals surface area (Å²) in [4.78, 5) is 0. The minimum absolute atomic E-state index is 0.226. The van der Waals surface area contributed by atoms with E-state index in [1.54, 1.807) is 0 Å². The van der Waals surface area contributed by atoms with Gasteiger partial charge in [-0.2, -0.15) is 0 Å². The molecule has 0 aromatic heterocycles. The number of aliphatic hydroxyl groups is 1. The molecule has 16 heavy (non-hydrogen) atoms. The van der Waals surface area contributed by atoms with Crippen LogP contribution in [0.3, 0.4) is 0 Å². The number of hydrogen-bond acceptors (Lipinski definition) is 2. The summed E-state index contributed by atoms with van der Waals surface area (Å²) in [5, 5.41) is 12.7. The Hall–Kier alpha value is -0.860. The number of hydrogen-bond donors (Lipinski definition) is 2. The van der Waals surface area contributed by atoms with Gasteiger partial charge in [0.2, 0.25) is 0 Å². The molecule has 2 atom stereocenters. The number of aliphatic hydroxyl groups excluding tert-OH is 1. The first kappa shape index (κ1) is 13.2. The van der Waals surface area contributed by atoms with E-state index in [9.17, 15) is 5.11 Å². The second-order valence-electron chi connectivity index (χ2n) is 4.72. The smallest absolute Gasteiger partial charge is 0.0524 e. The molecule has 1 aromatic carbocycles. The van der Waals surface area contributed by atoms with Crippen molar-refractivity contribution in [3.8, 4) is 0 Å². The normalized spacial score (nSPS) is 15.1. The van der Waals surface area contributed by atoms with Crippen LogP contribution in [0.15, 0.2) is 30.3 Å². The Morgan fingerprint density at radius 1 is 1.12 bits per heavy atom. The zero-order valence-electron chi connectivity index (χ0n) is 10.5. The molecule has 1 aromatic rings. The van der Waals surface area contributed by atoms with Crippen LogP contribution in [-0.4, -0.2) is 17.8 Å². The van der Waals surface area contributed by atoms with Crippen LogP contribution < -0.4 is 5.32 Å². The van der Waals surface area contributed by atoms with E-state index in [1.165, 1.54) is 5.56 Å². The average molecular weight is 221 g/mol. The molecule has 0 saturated carbocycles. The van der Waals surface area contributed by atoms with Crippen molar-refractivity contribution in [3.63, 3.8) is 0 Å². The average Bonchev–Trinajstić information content (AvgIpc) is 2.25. The van der Waals surface area contributed by atoms with Crippen molar-refractivity contribution in [1.29, 1.82) is 0 Å². The Labute approximate surface area is 98.7 Å². The molecule has 0 bridgehead atoms. The molecule has 0 aliphatic rings. The summed E-state index contributed by atoms with van der Waals surface area (Å²) < 4.78 is 0. The summed E-state index contributed by atoms with van der Waals surface area (Å²) in [5.74, 6) is 0.552. The van der Waals surface area contributed by atoms with Gasteiger partial charge in [-0.25, -0.2) is 0 Å². The molecule has 0 spiro atoms. The van der Waals surface area contributed by atoms with Crippen LogP contribution in [0.25, 0.3) is 0 Å². The Bertz CT molecular complexity index is 282. The van der Waals surface area contributed by atoms with Crippen molar-refractivity contribution in [2.75, 3.05) is 6.54 Å². The molecule has 2 nitrogen and oxygen atoms in total. The summed E-state index contributed by atoms with van der Waals surface area (Å²) in [7, 11) is 0. The van der Waals surface area contributed by atoms with Crippen molar-refractivity contribution in [2.45, 2.75) is 39.3 Å². The fraction of sp³-hybridized carbons (Fsp3) is 0.571. The SMILES string of the molecule is CC(O)CCNC(c1ccccc1)C(C)C. The van der Waals surface area contributed by atoms with E-state index in [0.717, 1.165) is 13.0 Å². The molecule has 90 valence electrons. The monoisotopic (exact) mass is 221 g/mol. The van der Waals surface area contributed by atoms with Crippen LogP contribution in [0, 0.1) is 5.92 Å². The summed E-state index contributed by atoms with van der Waals surface area (Å²) in [6.07, 6.45) is 0.576. The lowest BCUT2D eigenvalue weighted by molar-refractivity contribution is 0.180. The van der Waals surface area contributed by atoms with Gasteiger partial charge in [0.15, 0.2) is 0 Å². The first-order valence-corrected chi connectivity index (χ1v) is 6.07. The van der Waals surface area contributed by atoms with Crippen molar-refractivity contribution >= 4 is 0 Å². The molecule has 0 amide bonds. The van der Waals surface area contributed by atoms with Gasteiger partial charge < -0.3 is 10.4 Å². The van der Waals surface area contributed by atoms with Crippen molar-refractivity contribution in [3.05, 3.63) is 35.9 Å². The van der Waals surface area contributed by atoms with E-state index in [1.807, 2.05) is 13.0 Å². The first-order chi connectivity index (χ1) is 7.61. The summed E-state index contributed by atoms with van der Waals surface area (Å²) in [6.45, 7) is 7.12. The third-order valence-electron chi connectivity index (χ3n) is 2.75. The summed E-state index contributed by atoms with van der Waals surface area (Å²) in [5.41, 5.74) is 1.32. The van der Waals surface area contributed by atoms with Gasteiger partial charge in [-0.15, -0.1) is 0 Å². The number of benzene rings is 1. The first-order valence-electron chi connectivity index (χ1n) is 6.07. The van der Waals surface area contributed by atoms with Gasteiger partial charge in [0.25, 0.3) is 0 Å². The third-order valence-corrected chi connectivity index (χ3v) is 2.75. The minimum atomic E-state index is -0.226. The lowest BCUT2D eigenvalue weighted by atomic mass is 9.96. The van der Waals surface area contributed by atoms with Crippen LogP contribution >= 0.6 is 0 Å². The van der Waals surface area contributed by atoms with E-state index in [4.69, 9.17) is 0 Å². The minimum Gasteiger partial charge on any atom is -0.393 e. The van der Waals surface area contributed by atoms with Gasteiger partial charge in [-0.05, 0) is 31.4 Å². The fourth-order valence-electron chi connectivity index (χ4n) is 1.85. The van der Waals surface area contributed by atoms with E-state index >= 15 is 0 Å².